The number of carbonyl (C=O) groups excluding carboxylic acids is 1. The van der Waals surface area contributed by atoms with Crippen LogP contribution in [0.3, 0.4) is 0 Å². The first-order valence-corrected chi connectivity index (χ1v) is 7.37. The van der Waals surface area contributed by atoms with Gasteiger partial charge in [-0.25, -0.2) is 4.79 Å². The Kier molecular flexibility index (Phi) is 5.33. The molecule has 1 fully saturated rings. The van der Waals surface area contributed by atoms with Crippen LogP contribution in [0.25, 0.3) is 0 Å². The lowest BCUT2D eigenvalue weighted by Gasteiger charge is -2.37. The van der Waals surface area contributed by atoms with E-state index in [1.165, 1.54) is 6.08 Å². The van der Waals surface area contributed by atoms with E-state index in [9.17, 15) is 4.79 Å². The summed E-state index contributed by atoms with van der Waals surface area (Å²) in [6, 6.07) is 7.80. The molecule has 2 N–H and O–H groups in total. The molecule has 1 heterocycles. The Balaban J connectivity index is 1.92. The molecule has 1 saturated heterocycles. The van der Waals surface area contributed by atoms with Crippen LogP contribution in [0.4, 0.5) is 5.69 Å². The van der Waals surface area contributed by atoms with Gasteiger partial charge in [0, 0.05) is 36.9 Å². The molecule has 2 rings (SSSR count). The Bertz CT molecular complexity index is 525. The van der Waals surface area contributed by atoms with Crippen LogP contribution < -0.4 is 10.6 Å². The molecule has 1 aliphatic heterocycles. The van der Waals surface area contributed by atoms with E-state index in [0.29, 0.717) is 12.4 Å². The molecular weight excluding hydrogens is 290 g/mol. The Labute approximate surface area is 129 Å². The SMILES string of the molecule is CCOC(=O)C=C(N)N1CCN(c2cccc(Cl)c2)CC1. The molecule has 0 aromatic heterocycles. The topological polar surface area (TPSA) is 58.8 Å². The Morgan fingerprint density at radius 3 is 2.71 bits per heavy atom. The second kappa shape index (κ2) is 7.22. The molecule has 114 valence electrons. The molecule has 1 aromatic carbocycles. The lowest BCUT2D eigenvalue weighted by atomic mass is 10.2. The van der Waals surface area contributed by atoms with Gasteiger partial charge in [0.15, 0.2) is 0 Å². The molecule has 0 radical (unpaired) electrons. The number of anilines is 1. The molecule has 0 saturated carbocycles. The fourth-order valence-electron chi connectivity index (χ4n) is 2.29. The first kappa shape index (κ1) is 15.5. The minimum atomic E-state index is -0.396. The molecule has 0 amide bonds. The summed E-state index contributed by atoms with van der Waals surface area (Å²) in [5, 5.41) is 0.733. The van der Waals surface area contributed by atoms with Crippen molar-refractivity contribution in [3.05, 3.63) is 41.2 Å². The number of rotatable bonds is 4. The number of nitrogens with zero attached hydrogens (tertiary/aromatic N) is 2. The third-order valence-electron chi connectivity index (χ3n) is 3.37. The number of halogens is 1. The van der Waals surface area contributed by atoms with Gasteiger partial charge in [-0.3, -0.25) is 0 Å². The van der Waals surface area contributed by atoms with E-state index in [2.05, 4.69) is 4.90 Å². The molecule has 5 nitrogen and oxygen atoms in total. The standard InChI is InChI=1S/C15H20ClN3O2/c1-2-21-15(20)11-14(17)19-8-6-18(7-9-19)13-5-3-4-12(16)10-13/h3-5,10-11H,2,6-9,17H2,1H3. The number of carbonyl (C=O) groups is 1. The molecule has 0 atom stereocenters. The summed E-state index contributed by atoms with van der Waals surface area (Å²) in [7, 11) is 0. The lowest BCUT2D eigenvalue weighted by Crippen LogP contribution is -2.47. The van der Waals surface area contributed by atoms with Crippen molar-refractivity contribution in [3.63, 3.8) is 0 Å². The number of hydrogen-bond acceptors (Lipinski definition) is 5. The van der Waals surface area contributed by atoms with Crippen LogP contribution in [0.2, 0.25) is 5.02 Å². The van der Waals surface area contributed by atoms with Crippen molar-refractivity contribution in [2.24, 2.45) is 5.73 Å². The van der Waals surface area contributed by atoms with Gasteiger partial charge in [0.1, 0.15) is 5.82 Å². The minimum Gasteiger partial charge on any atom is -0.463 e. The summed E-state index contributed by atoms with van der Waals surface area (Å²) in [4.78, 5) is 15.6. The van der Waals surface area contributed by atoms with Crippen LogP contribution >= 0.6 is 11.6 Å². The van der Waals surface area contributed by atoms with Crippen LogP contribution in [0.1, 0.15) is 6.92 Å². The second-order valence-electron chi connectivity index (χ2n) is 4.78. The van der Waals surface area contributed by atoms with E-state index in [-0.39, 0.29) is 0 Å². The van der Waals surface area contributed by atoms with Crippen molar-refractivity contribution in [3.8, 4) is 0 Å². The number of ether oxygens (including phenoxy) is 1. The zero-order valence-corrected chi connectivity index (χ0v) is 12.8. The molecule has 0 bridgehead atoms. The Morgan fingerprint density at radius 2 is 2.10 bits per heavy atom. The fourth-order valence-corrected chi connectivity index (χ4v) is 2.48. The zero-order chi connectivity index (χ0) is 15.2. The summed E-state index contributed by atoms with van der Waals surface area (Å²) in [5.41, 5.74) is 7.04. The highest BCUT2D eigenvalue weighted by molar-refractivity contribution is 6.30. The highest BCUT2D eigenvalue weighted by atomic mass is 35.5. The molecule has 1 aromatic rings. The van der Waals surface area contributed by atoms with Crippen molar-refractivity contribution in [1.82, 2.24) is 4.90 Å². The molecule has 6 heteroatoms. The summed E-state index contributed by atoms with van der Waals surface area (Å²) in [6.45, 7) is 5.30. The first-order chi connectivity index (χ1) is 10.1. The number of piperazine rings is 1. The van der Waals surface area contributed by atoms with Crippen molar-refractivity contribution in [1.29, 1.82) is 0 Å². The monoisotopic (exact) mass is 309 g/mol. The third-order valence-corrected chi connectivity index (χ3v) is 3.61. The average Bonchev–Trinajstić information content (AvgIpc) is 2.47. The molecule has 1 aliphatic rings. The zero-order valence-electron chi connectivity index (χ0n) is 12.1. The Hall–Kier alpha value is -1.88. The van der Waals surface area contributed by atoms with E-state index in [0.717, 1.165) is 36.9 Å². The largest absolute Gasteiger partial charge is 0.463 e. The van der Waals surface area contributed by atoms with E-state index < -0.39 is 5.97 Å². The smallest absolute Gasteiger partial charge is 0.334 e. The summed E-state index contributed by atoms with van der Waals surface area (Å²) >= 11 is 6.01. The summed E-state index contributed by atoms with van der Waals surface area (Å²) in [5.74, 6) is 0.0615. The van der Waals surface area contributed by atoms with Gasteiger partial charge in [0.25, 0.3) is 0 Å². The van der Waals surface area contributed by atoms with Crippen molar-refractivity contribution in [2.75, 3.05) is 37.7 Å². The van der Waals surface area contributed by atoms with Gasteiger partial charge < -0.3 is 20.3 Å². The lowest BCUT2D eigenvalue weighted by molar-refractivity contribution is -0.137. The molecule has 21 heavy (non-hydrogen) atoms. The number of benzene rings is 1. The molecular formula is C15H20ClN3O2. The molecule has 0 unspecified atom stereocenters. The first-order valence-electron chi connectivity index (χ1n) is 6.99. The maximum Gasteiger partial charge on any atom is 0.334 e. The highest BCUT2D eigenvalue weighted by Crippen LogP contribution is 2.21. The van der Waals surface area contributed by atoms with E-state index >= 15 is 0 Å². The van der Waals surface area contributed by atoms with Gasteiger partial charge in [-0.2, -0.15) is 0 Å². The third kappa shape index (κ3) is 4.29. The van der Waals surface area contributed by atoms with Crippen molar-refractivity contribution < 1.29 is 9.53 Å². The molecule has 0 aliphatic carbocycles. The predicted octanol–water partition coefficient (Wildman–Crippen LogP) is 1.83. The van der Waals surface area contributed by atoms with E-state index in [1.54, 1.807) is 6.92 Å². The van der Waals surface area contributed by atoms with Crippen molar-refractivity contribution >= 4 is 23.3 Å². The normalized spacial score (nSPS) is 16.0. The van der Waals surface area contributed by atoms with Gasteiger partial charge in [0.2, 0.25) is 0 Å². The average molecular weight is 310 g/mol. The summed E-state index contributed by atoms with van der Waals surface area (Å²) in [6.07, 6.45) is 1.35. The van der Waals surface area contributed by atoms with E-state index in [1.807, 2.05) is 29.2 Å². The molecule has 0 spiro atoms. The Morgan fingerprint density at radius 1 is 1.38 bits per heavy atom. The highest BCUT2D eigenvalue weighted by Gasteiger charge is 2.18. The van der Waals surface area contributed by atoms with Gasteiger partial charge in [-0.05, 0) is 25.1 Å². The minimum absolute atomic E-state index is 0.352. The quantitative estimate of drug-likeness (QED) is 0.679. The van der Waals surface area contributed by atoms with Crippen molar-refractivity contribution in [2.45, 2.75) is 6.92 Å². The second-order valence-corrected chi connectivity index (χ2v) is 5.21. The number of esters is 1. The van der Waals surface area contributed by atoms with Gasteiger partial charge in [0.05, 0.1) is 12.7 Å². The van der Waals surface area contributed by atoms with Crippen LogP contribution in [-0.4, -0.2) is 43.7 Å². The van der Waals surface area contributed by atoms with Gasteiger partial charge >= 0.3 is 5.97 Å². The van der Waals surface area contributed by atoms with Crippen LogP contribution in [-0.2, 0) is 9.53 Å². The summed E-state index contributed by atoms with van der Waals surface area (Å²) < 4.78 is 4.86. The fraction of sp³-hybridized carbons (Fsp3) is 0.400. The maximum absolute atomic E-state index is 11.4. The van der Waals surface area contributed by atoms with Crippen LogP contribution in [0.5, 0.6) is 0 Å². The maximum atomic E-state index is 11.4. The predicted molar refractivity (Wildman–Crippen MR) is 84.1 cm³/mol. The van der Waals surface area contributed by atoms with Crippen LogP contribution in [0, 0.1) is 0 Å². The van der Waals surface area contributed by atoms with E-state index in [4.69, 9.17) is 22.1 Å². The number of nitrogens with two attached hydrogens (primary N) is 1. The van der Waals surface area contributed by atoms with Gasteiger partial charge in [-0.15, -0.1) is 0 Å². The number of hydrogen-bond donors (Lipinski definition) is 1. The van der Waals surface area contributed by atoms with Crippen LogP contribution in [0.15, 0.2) is 36.2 Å². The van der Waals surface area contributed by atoms with Gasteiger partial charge in [-0.1, -0.05) is 17.7 Å².